The van der Waals surface area contributed by atoms with Gasteiger partial charge in [0, 0.05) is 12.6 Å². The smallest absolute Gasteiger partial charge is 0.0218 e. The topological polar surface area (TPSA) is 15.3 Å². The molecule has 0 bridgehead atoms. The maximum atomic E-state index is 3.69. The molecule has 1 N–H and O–H groups in total. The highest BCUT2D eigenvalue weighted by Crippen LogP contribution is 2.13. The van der Waals surface area contributed by atoms with Crippen molar-refractivity contribution in [1.82, 2.24) is 10.2 Å². The molecule has 0 amide bonds. The number of nitrogens with zero attached hydrogens (tertiary/aromatic N) is 1. The monoisotopic (exact) mass is 168 g/mol. The number of nitrogens with one attached hydrogen (secondary N) is 1. The van der Waals surface area contributed by atoms with E-state index < -0.39 is 0 Å². The van der Waals surface area contributed by atoms with Crippen LogP contribution >= 0.6 is 0 Å². The summed E-state index contributed by atoms with van der Waals surface area (Å²) < 4.78 is 0. The highest BCUT2D eigenvalue weighted by molar-refractivity contribution is 4.78. The van der Waals surface area contributed by atoms with Crippen LogP contribution in [-0.2, 0) is 0 Å². The molecule has 1 aliphatic rings. The SMILES string of the molecule is C=CCCNCC1CCCN1C. The minimum absolute atomic E-state index is 0.773. The maximum Gasteiger partial charge on any atom is 0.0218 e. The van der Waals surface area contributed by atoms with Gasteiger partial charge in [-0.05, 0) is 39.4 Å². The maximum absolute atomic E-state index is 3.69. The molecule has 1 heterocycles. The Labute approximate surface area is 75.6 Å². The summed E-state index contributed by atoms with van der Waals surface area (Å²) in [5, 5.41) is 3.45. The van der Waals surface area contributed by atoms with Crippen molar-refractivity contribution in [1.29, 1.82) is 0 Å². The first-order chi connectivity index (χ1) is 5.84. The van der Waals surface area contributed by atoms with Gasteiger partial charge in [0.25, 0.3) is 0 Å². The Hall–Kier alpha value is -0.340. The number of hydrogen-bond donors (Lipinski definition) is 1. The molecule has 0 aromatic carbocycles. The second kappa shape index (κ2) is 5.33. The molecule has 1 atom stereocenters. The lowest BCUT2D eigenvalue weighted by atomic mass is 10.2. The summed E-state index contributed by atoms with van der Waals surface area (Å²) in [4.78, 5) is 2.45. The van der Waals surface area contributed by atoms with Gasteiger partial charge in [0.2, 0.25) is 0 Å². The van der Waals surface area contributed by atoms with Gasteiger partial charge in [0.1, 0.15) is 0 Å². The second-order valence-corrected chi connectivity index (χ2v) is 3.56. The lowest BCUT2D eigenvalue weighted by Gasteiger charge is -2.19. The van der Waals surface area contributed by atoms with E-state index in [9.17, 15) is 0 Å². The molecular formula is C10H20N2. The average molecular weight is 168 g/mol. The van der Waals surface area contributed by atoms with Crippen molar-refractivity contribution in [3.05, 3.63) is 12.7 Å². The van der Waals surface area contributed by atoms with Crippen LogP contribution in [0.25, 0.3) is 0 Å². The van der Waals surface area contributed by atoms with Crippen molar-refractivity contribution in [2.24, 2.45) is 0 Å². The minimum Gasteiger partial charge on any atom is -0.315 e. The molecule has 1 fully saturated rings. The fraction of sp³-hybridized carbons (Fsp3) is 0.800. The Bertz CT molecular complexity index is 134. The summed E-state index contributed by atoms with van der Waals surface area (Å²) in [6.45, 7) is 7.19. The Morgan fingerprint density at radius 2 is 2.50 bits per heavy atom. The Morgan fingerprint density at radius 1 is 1.67 bits per heavy atom. The molecule has 2 heteroatoms. The van der Waals surface area contributed by atoms with Crippen molar-refractivity contribution in [3.8, 4) is 0 Å². The van der Waals surface area contributed by atoms with Crippen molar-refractivity contribution < 1.29 is 0 Å². The van der Waals surface area contributed by atoms with Crippen molar-refractivity contribution in [2.75, 3.05) is 26.7 Å². The van der Waals surface area contributed by atoms with Gasteiger partial charge in [0.15, 0.2) is 0 Å². The van der Waals surface area contributed by atoms with Gasteiger partial charge in [-0.25, -0.2) is 0 Å². The van der Waals surface area contributed by atoms with Crippen LogP contribution < -0.4 is 5.32 Å². The van der Waals surface area contributed by atoms with E-state index in [1.54, 1.807) is 0 Å². The van der Waals surface area contributed by atoms with Crippen LogP contribution in [0.15, 0.2) is 12.7 Å². The molecule has 0 spiro atoms. The Balaban J connectivity index is 2.02. The Kier molecular flexibility index (Phi) is 4.33. The van der Waals surface area contributed by atoms with E-state index in [0.717, 1.165) is 25.6 Å². The molecule has 1 saturated heterocycles. The highest BCUT2D eigenvalue weighted by Gasteiger charge is 2.19. The van der Waals surface area contributed by atoms with Crippen LogP contribution in [0.2, 0.25) is 0 Å². The Morgan fingerprint density at radius 3 is 3.08 bits per heavy atom. The standard InChI is InChI=1S/C10H20N2/c1-3-4-7-11-9-10-6-5-8-12(10)2/h3,10-11H,1,4-9H2,2H3. The van der Waals surface area contributed by atoms with E-state index in [-0.39, 0.29) is 0 Å². The van der Waals surface area contributed by atoms with Gasteiger partial charge in [-0.15, -0.1) is 6.58 Å². The van der Waals surface area contributed by atoms with E-state index in [4.69, 9.17) is 0 Å². The fourth-order valence-corrected chi connectivity index (χ4v) is 1.71. The zero-order chi connectivity index (χ0) is 8.81. The molecule has 0 aromatic heterocycles. The molecule has 0 saturated carbocycles. The summed E-state index contributed by atoms with van der Waals surface area (Å²) in [6, 6.07) is 0.773. The molecular weight excluding hydrogens is 148 g/mol. The minimum atomic E-state index is 0.773. The van der Waals surface area contributed by atoms with Gasteiger partial charge in [-0.1, -0.05) is 6.08 Å². The van der Waals surface area contributed by atoms with Crippen LogP contribution in [0.1, 0.15) is 19.3 Å². The molecule has 0 radical (unpaired) electrons. The van der Waals surface area contributed by atoms with Gasteiger partial charge in [0.05, 0.1) is 0 Å². The number of likely N-dealkylation sites (tertiary alicyclic amines) is 1. The lowest BCUT2D eigenvalue weighted by Crippen LogP contribution is -2.35. The molecule has 2 nitrogen and oxygen atoms in total. The predicted molar refractivity (Wildman–Crippen MR) is 53.3 cm³/mol. The third-order valence-corrected chi connectivity index (χ3v) is 2.58. The average Bonchev–Trinajstić information content (AvgIpc) is 2.46. The van der Waals surface area contributed by atoms with E-state index in [0.29, 0.717) is 0 Å². The first-order valence-corrected chi connectivity index (χ1v) is 4.86. The van der Waals surface area contributed by atoms with Crippen molar-refractivity contribution in [3.63, 3.8) is 0 Å². The first kappa shape index (κ1) is 9.75. The summed E-state index contributed by atoms with van der Waals surface area (Å²) in [5.74, 6) is 0. The zero-order valence-corrected chi connectivity index (χ0v) is 8.05. The second-order valence-electron chi connectivity index (χ2n) is 3.56. The van der Waals surface area contributed by atoms with E-state index in [1.165, 1.54) is 19.4 Å². The van der Waals surface area contributed by atoms with Crippen LogP contribution in [0, 0.1) is 0 Å². The van der Waals surface area contributed by atoms with Gasteiger partial charge in [-0.3, -0.25) is 0 Å². The number of rotatable bonds is 5. The van der Waals surface area contributed by atoms with Crippen molar-refractivity contribution in [2.45, 2.75) is 25.3 Å². The largest absolute Gasteiger partial charge is 0.315 e. The molecule has 0 aromatic rings. The first-order valence-electron chi connectivity index (χ1n) is 4.86. The van der Waals surface area contributed by atoms with Gasteiger partial charge < -0.3 is 10.2 Å². The molecule has 1 rings (SSSR count). The van der Waals surface area contributed by atoms with E-state index >= 15 is 0 Å². The number of hydrogen-bond acceptors (Lipinski definition) is 2. The van der Waals surface area contributed by atoms with E-state index in [1.807, 2.05) is 6.08 Å². The summed E-state index contributed by atoms with van der Waals surface area (Å²) >= 11 is 0. The lowest BCUT2D eigenvalue weighted by molar-refractivity contribution is 0.301. The molecule has 0 aliphatic carbocycles. The third-order valence-electron chi connectivity index (χ3n) is 2.58. The van der Waals surface area contributed by atoms with Crippen LogP contribution in [0.5, 0.6) is 0 Å². The summed E-state index contributed by atoms with van der Waals surface area (Å²) in [7, 11) is 2.22. The summed E-state index contributed by atoms with van der Waals surface area (Å²) in [5.41, 5.74) is 0. The predicted octanol–water partition coefficient (Wildman–Crippen LogP) is 1.25. The molecule has 70 valence electrons. The van der Waals surface area contributed by atoms with Gasteiger partial charge in [-0.2, -0.15) is 0 Å². The third kappa shape index (κ3) is 2.95. The van der Waals surface area contributed by atoms with Gasteiger partial charge >= 0.3 is 0 Å². The molecule has 1 unspecified atom stereocenters. The highest BCUT2D eigenvalue weighted by atomic mass is 15.2. The molecule has 12 heavy (non-hydrogen) atoms. The van der Waals surface area contributed by atoms with Crippen molar-refractivity contribution >= 4 is 0 Å². The fourth-order valence-electron chi connectivity index (χ4n) is 1.71. The number of likely N-dealkylation sites (N-methyl/N-ethyl adjacent to an activating group) is 1. The van der Waals surface area contributed by atoms with Crippen LogP contribution in [0.3, 0.4) is 0 Å². The zero-order valence-electron chi connectivity index (χ0n) is 8.05. The molecule has 1 aliphatic heterocycles. The van der Waals surface area contributed by atoms with E-state index in [2.05, 4.69) is 23.8 Å². The summed E-state index contributed by atoms with van der Waals surface area (Å²) in [6.07, 6.45) is 5.77. The van der Waals surface area contributed by atoms with Crippen LogP contribution in [0.4, 0.5) is 0 Å². The van der Waals surface area contributed by atoms with Crippen LogP contribution in [-0.4, -0.2) is 37.6 Å². The quantitative estimate of drug-likeness (QED) is 0.491. The normalized spacial score (nSPS) is 24.6.